The molecule has 0 fully saturated rings. The Morgan fingerprint density at radius 2 is 2.36 bits per heavy atom. The van der Waals surface area contributed by atoms with Crippen molar-refractivity contribution in [2.75, 3.05) is 6.61 Å². The van der Waals surface area contributed by atoms with Gasteiger partial charge in [-0.3, -0.25) is 4.79 Å². The lowest BCUT2D eigenvalue weighted by Crippen LogP contribution is -2.31. The van der Waals surface area contributed by atoms with Crippen molar-refractivity contribution in [2.24, 2.45) is 0 Å². The molecule has 78 valence electrons. The molecular weight excluding hydrogens is 188 g/mol. The Balaban J connectivity index is 2.83. The maximum Gasteiger partial charge on any atom is 0.347 e. The molecule has 0 unspecified atom stereocenters. The van der Waals surface area contributed by atoms with E-state index < -0.39 is 18.0 Å². The number of cyclic esters (lactones) is 1. The lowest BCUT2D eigenvalue weighted by molar-refractivity contribution is -0.178. The van der Waals surface area contributed by atoms with Gasteiger partial charge in [-0.1, -0.05) is 0 Å². The van der Waals surface area contributed by atoms with E-state index in [1.54, 1.807) is 6.92 Å². The quantitative estimate of drug-likeness (QED) is 0.536. The maximum absolute atomic E-state index is 11.2. The SMILES string of the molecule is CCO[C@H]1CC(O)=C(C(C)=O)C(=O)O1. The number of ketones is 1. The van der Waals surface area contributed by atoms with E-state index in [0.717, 1.165) is 0 Å². The van der Waals surface area contributed by atoms with Crippen molar-refractivity contribution < 1.29 is 24.2 Å². The predicted molar refractivity (Wildman–Crippen MR) is 46.5 cm³/mol. The fourth-order valence-corrected chi connectivity index (χ4v) is 1.22. The molecular formula is C9H12O5. The molecule has 0 aromatic heterocycles. The van der Waals surface area contributed by atoms with Crippen molar-refractivity contribution in [1.82, 2.24) is 0 Å². The summed E-state index contributed by atoms with van der Waals surface area (Å²) in [5, 5.41) is 9.38. The first-order chi connectivity index (χ1) is 6.56. The molecule has 14 heavy (non-hydrogen) atoms. The first-order valence-electron chi connectivity index (χ1n) is 4.31. The molecule has 1 aliphatic heterocycles. The number of hydrogen-bond acceptors (Lipinski definition) is 5. The zero-order valence-electron chi connectivity index (χ0n) is 8.07. The Kier molecular flexibility index (Phi) is 3.24. The third kappa shape index (κ3) is 2.11. The van der Waals surface area contributed by atoms with Gasteiger partial charge in [-0.15, -0.1) is 0 Å². The van der Waals surface area contributed by atoms with Crippen molar-refractivity contribution >= 4 is 11.8 Å². The van der Waals surface area contributed by atoms with Crippen LogP contribution in [0.2, 0.25) is 0 Å². The van der Waals surface area contributed by atoms with Crippen LogP contribution in [0.25, 0.3) is 0 Å². The number of Topliss-reactive ketones (excluding diaryl/α,β-unsaturated/α-hetero) is 1. The molecule has 1 aliphatic rings. The van der Waals surface area contributed by atoms with Gasteiger partial charge in [0.15, 0.2) is 5.78 Å². The van der Waals surface area contributed by atoms with Gasteiger partial charge in [-0.25, -0.2) is 4.79 Å². The highest BCUT2D eigenvalue weighted by atomic mass is 16.7. The molecule has 1 N–H and O–H groups in total. The van der Waals surface area contributed by atoms with Gasteiger partial charge < -0.3 is 14.6 Å². The molecule has 0 spiro atoms. The van der Waals surface area contributed by atoms with Gasteiger partial charge in [-0.2, -0.15) is 0 Å². The number of hydrogen-bond donors (Lipinski definition) is 1. The summed E-state index contributed by atoms with van der Waals surface area (Å²) >= 11 is 0. The molecule has 1 rings (SSSR count). The van der Waals surface area contributed by atoms with Crippen molar-refractivity contribution in [3.8, 4) is 0 Å². The highest BCUT2D eigenvalue weighted by molar-refractivity contribution is 6.17. The summed E-state index contributed by atoms with van der Waals surface area (Å²) in [5.41, 5.74) is -0.277. The Bertz CT molecular complexity index is 292. The summed E-state index contributed by atoms with van der Waals surface area (Å²) in [6.07, 6.45) is -0.746. The lowest BCUT2D eigenvalue weighted by Gasteiger charge is -2.22. The number of ether oxygens (including phenoxy) is 2. The van der Waals surface area contributed by atoms with Crippen LogP contribution in [0, 0.1) is 0 Å². The van der Waals surface area contributed by atoms with Crippen LogP contribution in [-0.4, -0.2) is 29.8 Å². The third-order valence-electron chi connectivity index (χ3n) is 1.80. The van der Waals surface area contributed by atoms with Gasteiger partial charge in [0.1, 0.15) is 11.3 Å². The highest BCUT2D eigenvalue weighted by Crippen LogP contribution is 2.21. The normalized spacial score (nSPS) is 22.1. The van der Waals surface area contributed by atoms with Crippen LogP contribution in [0.5, 0.6) is 0 Å². The summed E-state index contributed by atoms with van der Waals surface area (Å²) < 4.78 is 9.77. The average Bonchev–Trinajstić information content (AvgIpc) is 2.01. The molecule has 5 nitrogen and oxygen atoms in total. The molecule has 5 heteroatoms. The van der Waals surface area contributed by atoms with Crippen LogP contribution in [0.3, 0.4) is 0 Å². The fraction of sp³-hybridized carbons (Fsp3) is 0.556. The number of esters is 1. The zero-order chi connectivity index (χ0) is 10.7. The Hall–Kier alpha value is -1.36. The van der Waals surface area contributed by atoms with E-state index in [4.69, 9.17) is 9.47 Å². The second kappa shape index (κ2) is 4.23. The summed E-state index contributed by atoms with van der Waals surface area (Å²) in [6.45, 7) is 3.32. The second-order valence-electron chi connectivity index (χ2n) is 2.87. The number of aliphatic hydroxyl groups is 1. The highest BCUT2D eigenvalue weighted by Gasteiger charge is 2.31. The molecule has 0 aliphatic carbocycles. The van der Waals surface area contributed by atoms with Crippen LogP contribution in [0.15, 0.2) is 11.3 Å². The van der Waals surface area contributed by atoms with Crippen molar-refractivity contribution in [3.05, 3.63) is 11.3 Å². The molecule has 0 aromatic rings. The van der Waals surface area contributed by atoms with Gasteiger partial charge in [0, 0.05) is 6.61 Å². The van der Waals surface area contributed by atoms with Crippen molar-refractivity contribution in [3.63, 3.8) is 0 Å². The standard InChI is InChI=1S/C9H12O5/c1-3-13-7-4-6(11)8(5(2)10)9(12)14-7/h7,11H,3-4H2,1-2H3/t7-/m1/s1. The first kappa shape index (κ1) is 10.7. The minimum atomic E-state index is -0.820. The molecule has 0 saturated carbocycles. The Labute approximate surface area is 81.3 Å². The molecule has 0 saturated heterocycles. The van der Waals surface area contributed by atoms with Crippen LogP contribution >= 0.6 is 0 Å². The molecule has 1 heterocycles. The fourth-order valence-electron chi connectivity index (χ4n) is 1.22. The van der Waals surface area contributed by atoms with Crippen LogP contribution in [-0.2, 0) is 19.1 Å². The van der Waals surface area contributed by atoms with Gasteiger partial charge in [0.2, 0.25) is 6.29 Å². The zero-order valence-corrected chi connectivity index (χ0v) is 8.07. The van der Waals surface area contributed by atoms with Gasteiger partial charge >= 0.3 is 5.97 Å². The number of rotatable bonds is 3. The van der Waals surface area contributed by atoms with E-state index in [1.807, 2.05) is 0 Å². The number of carbonyl (C=O) groups excluding carboxylic acids is 2. The van der Waals surface area contributed by atoms with Gasteiger partial charge in [-0.05, 0) is 13.8 Å². The number of aliphatic hydroxyl groups excluding tert-OH is 1. The lowest BCUT2D eigenvalue weighted by atomic mass is 10.1. The van der Waals surface area contributed by atoms with Crippen LogP contribution in [0.1, 0.15) is 20.3 Å². The van der Waals surface area contributed by atoms with E-state index in [0.29, 0.717) is 6.61 Å². The largest absolute Gasteiger partial charge is 0.511 e. The topological polar surface area (TPSA) is 72.8 Å². The van der Waals surface area contributed by atoms with Gasteiger partial charge in [0.25, 0.3) is 0 Å². The van der Waals surface area contributed by atoms with E-state index in [9.17, 15) is 14.7 Å². The first-order valence-corrected chi connectivity index (χ1v) is 4.31. The number of carbonyl (C=O) groups is 2. The van der Waals surface area contributed by atoms with E-state index in [1.165, 1.54) is 6.92 Å². The van der Waals surface area contributed by atoms with Crippen molar-refractivity contribution in [2.45, 2.75) is 26.6 Å². The molecule has 0 aromatic carbocycles. The summed E-state index contributed by atoms with van der Waals surface area (Å²) in [6, 6.07) is 0. The van der Waals surface area contributed by atoms with Crippen molar-refractivity contribution in [1.29, 1.82) is 0 Å². The Morgan fingerprint density at radius 3 is 2.79 bits per heavy atom. The minimum Gasteiger partial charge on any atom is -0.511 e. The Morgan fingerprint density at radius 1 is 1.71 bits per heavy atom. The second-order valence-corrected chi connectivity index (χ2v) is 2.87. The van der Waals surface area contributed by atoms with E-state index in [-0.39, 0.29) is 17.8 Å². The summed E-state index contributed by atoms with van der Waals surface area (Å²) in [7, 11) is 0. The minimum absolute atomic E-state index is 0.0362. The van der Waals surface area contributed by atoms with Crippen LogP contribution < -0.4 is 0 Å². The summed E-state index contributed by atoms with van der Waals surface area (Å²) in [5.74, 6) is -1.57. The average molecular weight is 200 g/mol. The molecule has 0 radical (unpaired) electrons. The van der Waals surface area contributed by atoms with E-state index >= 15 is 0 Å². The van der Waals surface area contributed by atoms with Crippen LogP contribution in [0.4, 0.5) is 0 Å². The molecule has 0 bridgehead atoms. The maximum atomic E-state index is 11.2. The molecule has 1 atom stereocenters. The predicted octanol–water partition coefficient (Wildman–Crippen LogP) is 0.697. The monoisotopic (exact) mass is 200 g/mol. The smallest absolute Gasteiger partial charge is 0.347 e. The molecule has 0 amide bonds. The van der Waals surface area contributed by atoms with Gasteiger partial charge in [0.05, 0.1) is 6.42 Å². The summed E-state index contributed by atoms with van der Waals surface area (Å²) in [4.78, 5) is 22.1. The third-order valence-corrected chi connectivity index (χ3v) is 1.80. The van der Waals surface area contributed by atoms with E-state index in [2.05, 4.69) is 0 Å².